The molecule has 0 bridgehead atoms. The molecular weight excluding hydrogens is 440 g/mol. The molecule has 2 atom stereocenters. The molecule has 2 N–H and O–H groups in total. The number of aryl methyl sites for hydroxylation is 2. The summed E-state index contributed by atoms with van der Waals surface area (Å²) < 4.78 is 33.2. The number of aliphatic hydroxyl groups is 1. The number of benzene rings is 1. The Hall–Kier alpha value is -3.01. The molecule has 4 rings (SSSR count). The zero-order valence-electron chi connectivity index (χ0n) is 18.9. The lowest BCUT2D eigenvalue weighted by molar-refractivity contribution is 0.0949. The number of ether oxygens (including phenoxy) is 1. The third-order valence-electron chi connectivity index (χ3n) is 5.88. The van der Waals surface area contributed by atoms with Gasteiger partial charge >= 0.3 is 0 Å². The van der Waals surface area contributed by atoms with Crippen molar-refractivity contribution in [3.05, 3.63) is 66.1 Å². The minimum atomic E-state index is -3.73. The number of anilines is 1. The standard InChI is InChI=1S/C24H28N4O4S/c1-16-4-9-23(26-14-16)27-21-11-13-28(15-22(21)29)33(30,31)19-7-5-18(6-8-19)20-10-12-25-17(2)24(20)32-3/h4-10,12,14,21-22,29H,11,13,15H2,1-3H3,(H,26,27)/t21-,22+/m1/s1. The highest BCUT2D eigenvalue weighted by Crippen LogP contribution is 2.32. The topological polar surface area (TPSA) is 105 Å². The van der Waals surface area contributed by atoms with Crippen molar-refractivity contribution in [1.29, 1.82) is 0 Å². The summed E-state index contributed by atoms with van der Waals surface area (Å²) >= 11 is 0. The fraction of sp³-hybridized carbons (Fsp3) is 0.333. The van der Waals surface area contributed by atoms with Crippen molar-refractivity contribution in [3.63, 3.8) is 0 Å². The van der Waals surface area contributed by atoms with E-state index in [2.05, 4.69) is 15.3 Å². The van der Waals surface area contributed by atoms with E-state index in [0.29, 0.717) is 24.5 Å². The number of sulfonamides is 1. The Balaban J connectivity index is 1.48. The number of rotatable bonds is 6. The van der Waals surface area contributed by atoms with Crippen molar-refractivity contribution < 1.29 is 18.3 Å². The number of aromatic nitrogens is 2. The van der Waals surface area contributed by atoms with Crippen molar-refractivity contribution >= 4 is 15.8 Å². The summed E-state index contributed by atoms with van der Waals surface area (Å²) in [6.07, 6.45) is 3.08. The molecule has 8 nitrogen and oxygen atoms in total. The van der Waals surface area contributed by atoms with E-state index < -0.39 is 16.1 Å². The molecule has 33 heavy (non-hydrogen) atoms. The van der Waals surface area contributed by atoms with E-state index in [1.807, 2.05) is 32.0 Å². The summed E-state index contributed by atoms with van der Waals surface area (Å²) in [6.45, 7) is 4.14. The Morgan fingerprint density at radius 1 is 1.09 bits per heavy atom. The van der Waals surface area contributed by atoms with Crippen LogP contribution < -0.4 is 10.1 Å². The fourth-order valence-electron chi connectivity index (χ4n) is 4.03. The van der Waals surface area contributed by atoms with Gasteiger partial charge in [-0.25, -0.2) is 13.4 Å². The number of β-amino-alcohol motifs (C(OH)–C–C–N with tert-alkyl or cyclic N) is 1. The minimum absolute atomic E-state index is 0.0188. The molecule has 0 unspecified atom stereocenters. The molecule has 3 heterocycles. The number of aliphatic hydroxyl groups excluding tert-OH is 1. The molecular formula is C24H28N4O4S. The number of nitrogens with zero attached hydrogens (tertiary/aromatic N) is 3. The first-order valence-corrected chi connectivity index (χ1v) is 12.2. The predicted molar refractivity (Wildman–Crippen MR) is 127 cm³/mol. The highest BCUT2D eigenvalue weighted by atomic mass is 32.2. The zero-order chi connectivity index (χ0) is 23.6. The third kappa shape index (κ3) is 4.85. The van der Waals surface area contributed by atoms with Gasteiger partial charge < -0.3 is 15.2 Å². The summed E-state index contributed by atoms with van der Waals surface area (Å²) in [5.74, 6) is 1.33. The van der Waals surface area contributed by atoms with Gasteiger partial charge in [-0.2, -0.15) is 4.31 Å². The van der Waals surface area contributed by atoms with E-state index >= 15 is 0 Å². The van der Waals surface area contributed by atoms with Gasteiger partial charge in [0, 0.05) is 31.0 Å². The fourth-order valence-corrected chi connectivity index (χ4v) is 5.50. The quantitative estimate of drug-likeness (QED) is 0.573. The van der Waals surface area contributed by atoms with Crippen LogP contribution in [-0.4, -0.2) is 60.1 Å². The van der Waals surface area contributed by atoms with Gasteiger partial charge in [0.15, 0.2) is 0 Å². The van der Waals surface area contributed by atoms with Gasteiger partial charge in [-0.05, 0) is 55.7 Å². The van der Waals surface area contributed by atoms with Crippen molar-refractivity contribution in [1.82, 2.24) is 14.3 Å². The monoisotopic (exact) mass is 468 g/mol. The molecule has 0 spiro atoms. The molecule has 1 saturated heterocycles. The van der Waals surface area contributed by atoms with Gasteiger partial charge in [0.05, 0.1) is 29.8 Å². The highest BCUT2D eigenvalue weighted by molar-refractivity contribution is 7.89. The van der Waals surface area contributed by atoms with Gasteiger partial charge in [-0.15, -0.1) is 0 Å². The largest absolute Gasteiger partial charge is 0.494 e. The first kappa shape index (κ1) is 23.2. The van der Waals surface area contributed by atoms with E-state index in [1.165, 1.54) is 4.31 Å². The second kappa shape index (κ2) is 9.46. The maximum atomic E-state index is 13.2. The smallest absolute Gasteiger partial charge is 0.243 e. The van der Waals surface area contributed by atoms with Crippen LogP contribution in [0.2, 0.25) is 0 Å². The molecule has 1 aliphatic heterocycles. The second-order valence-electron chi connectivity index (χ2n) is 8.19. The van der Waals surface area contributed by atoms with Crippen LogP contribution in [0.4, 0.5) is 5.82 Å². The van der Waals surface area contributed by atoms with Crippen molar-refractivity contribution in [2.75, 3.05) is 25.5 Å². The molecule has 0 radical (unpaired) electrons. The van der Waals surface area contributed by atoms with Crippen LogP contribution in [0.5, 0.6) is 5.75 Å². The lowest BCUT2D eigenvalue weighted by atomic mass is 10.0. The van der Waals surface area contributed by atoms with Gasteiger partial charge in [0.2, 0.25) is 10.0 Å². The lowest BCUT2D eigenvalue weighted by Gasteiger charge is -2.35. The van der Waals surface area contributed by atoms with Crippen LogP contribution in [0, 0.1) is 13.8 Å². The van der Waals surface area contributed by atoms with Crippen LogP contribution in [-0.2, 0) is 10.0 Å². The van der Waals surface area contributed by atoms with Crippen LogP contribution >= 0.6 is 0 Å². The van der Waals surface area contributed by atoms with Crippen molar-refractivity contribution in [2.45, 2.75) is 37.3 Å². The van der Waals surface area contributed by atoms with Crippen LogP contribution in [0.25, 0.3) is 11.1 Å². The van der Waals surface area contributed by atoms with Gasteiger partial charge in [-0.1, -0.05) is 18.2 Å². The maximum absolute atomic E-state index is 13.2. The number of pyridine rings is 2. The molecule has 174 valence electrons. The molecule has 0 amide bonds. The Labute approximate surface area is 194 Å². The van der Waals surface area contributed by atoms with E-state index in [4.69, 9.17) is 4.74 Å². The van der Waals surface area contributed by atoms with Crippen LogP contribution in [0.1, 0.15) is 17.7 Å². The maximum Gasteiger partial charge on any atom is 0.243 e. The Morgan fingerprint density at radius 2 is 1.85 bits per heavy atom. The molecule has 0 saturated carbocycles. The SMILES string of the molecule is COc1c(-c2ccc(S(=O)(=O)N3CC[C@@H](Nc4ccc(C)cn4)[C@@H](O)C3)cc2)ccnc1C. The van der Waals surface area contributed by atoms with Crippen molar-refractivity contribution in [3.8, 4) is 16.9 Å². The molecule has 2 aromatic heterocycles. The first-order valence-electron chi connectivity index (χ1n) is 10.8. The van der Waals surface area contributed by atoms with Crippen LogP contribution in [0.15, 0.2) is 59.8 Å². The Kier molecular flexibility index (Phi) is 6.64. The molecule has 0 aliphatic carbocycles. The summed E-state index contributed by atoms with van der Waals surface area (Å²) in [5, 5.41) is 13.8. The number of hydrogen-bond donors (Lipinski definition) is 2. The molecule has 3 aromatic rings. The highest BCUT2D eigenvalue weighted by Gasteiger charge is 2.35. The van der Waals surface area contributed by atoms with Gasteiger partial charge in [-0.3, -0.25) is 4.98 Å². The summed E-state index contributed by atoms with van der Waals surface area (Å²) in [6, 6.07) is 12.1. The van der Waals surface area contributed by atoms with Crippen molar-refractivity contribution in [2.24, 2.45) is 0 Å². The normalized spacial score (nSPS) is 19.3. The second-order valence-corrected chi connectivity index (χ2v) is 10.1. The molecule has 1 fully saturated rings. The van der Waals surface area contributed by atoms with Crippen LogP contribution in [0.3, 0.4) is 0 Å². The predicted octanol–water partition coefficient (Wildman–Crippen LogP) is 3.01. The first-order chi connectivity index (χ1) is 15.8. The van der Waals surface area contributed by atoms with Gasteiger partial charge in [0.1, 0.15) is 11.6 Å². The number of nitrogens with one attached hydrogen (secondary N) is 1. The Morgan fingerprint density at radius 3 is 2.48 bits per heavy atom. The molecule has 1 aliphatic rings. The third-order valence-corrected chi connectivity index (χ3v) is 7.76. The zero-order valence-corrected chi connectivity index (χ0v) is 19.7. The van der Waals surface area contributed by atoms with E-state index in [-0.39, 0.29) is 17.5 Å². The molecule has 1 aromatic carbocycles. The summed E-state index contributed by atoms with van der Waals surface area (Å²) in [7, 11) is -2.15. The summed E-state index contributed by atoms with van der Waals surface area (Å²) in [4.78, 5) is 8.73. The number of piperidine rings is 1. The average Bonchev–Trinajstić information content (AvgIpc) is 2.81. The molecule has 9 heteroatoms. The summed E-state index contributed by atoms with van der Waals surface area (Å²) in [5.41, 5.74) is 3.49. The lowest BCUT2D eigenvalue weighted by Crippen LogP contribution is -2.51. The van der Waals surface area contributed by atoms with E-state index in [0.717, 1.165) is 22.4 Å². The Bertz CT molecular complexity index is 1210. The number of hydrogen-bond acceptors (Lipinski definition) is 7. The average molecular weight is 469 g/mol. The minimum Gasteiger partial charge on any atom is -0.494 e. The van der Waals surface area contributed by atoms with Gasteiger partial charge in [0.25, 0.3) is 0 Å². The van der Waals surface area contributed by atoms with E-state index in [9.17, 15) is 13.5 Å². The van der Waals surface area contributed by atoms with E-state index in [1.54, 1.807) is 43.8 Å². The number of methoxy groups -OCH3 is 1.